The van der Waals surface area contributed by atoms with Crippen molar-refractivity contribution in [2.24, 2.45) is 0 Å². The molecule has 4 nitrogen and oxygen atoms in total. The molecule has 1 atom stereocenters. The third kappa shape index (κ3) is 4.55. The Bertz CT molecular complexity index is 441. The Labute approximate surface area is 126 Å². The van der Waals surface area contributed by atoms with Gasteiger partial charge in [0.25, 0.3) is 0 Å². The van der Waals surface area contributed by atoms with E-state index in [-0.39, 0.29) is 5.97 Å². The molecule has 2 rings (SSSR count). The zero-order valence-corrected chi connectivity index (χ0v) is 12.7. The van der Waals surface area contributed by atoms with Crippen LogP contribution in [-0.2, 0) is 9.53 Å². The van der Waals surface area contributed by atoms with Gasteiger partial charge in [0.1, 0.15) is 6.04 Å². The van der Waals surface area contributed by atoms with E-state index in [0.29, 0.717) is 13.2 Å². The summed E-state index contributed by atoms with van der Waals surface area (Å²) in [6.07, 6.45) is 4.87. The van der Waals surface area contributed by atoms with Crippen LogP contribution in [0, 0.1) is 0 Å². The van der Waals surface area contributed by atoms with Gasteiger partial charge in [-0.2, -0.15) is 0 Å². The molecule has 1 aromatic carbocycles. The normalized spacial score (nSPS) is 19.0. The highest BCUT2D eigenvalue weighted by molar-refractivity contribution is 5.77. The molecule has 21 heavy (non-hydrogen) atoms. The van der Waals surface area contributed by atoms with Crippen molar-refractivity contribution in [1.29, 1.82) is 0 Å². The molecule has 0 amide bonds. The standard InChI is InChI=1S/C17H25NO3/c1-2-21-16(19)15(14-9-5-3-6-10-14)18-13-17(20)11-7-4-8-12-17/h3,5-6,9-10,15,18,20H,2,4,7-8,11-13H2,1H3/t15-/m1/s1. The first kappa shape index (κ1) is 16.0. The third-order valence-electron chi connectivity index (χ3n) is 4.07. The number of nitrogens with one attached hydrogen (secondary N) is 1. The van der Waals surface area contributed by atoms with Crippen LogP contribution in [-0.4, -0.2) is 29.8 Å². The first-order valence-electron chi connectivity index (χ1n) is 7.82. The predicted molar refractivity (Wildman–Crippen MR) is 81.9 cm³/mol. The van der Waals surface area contributed by atoms with Crippen molar-refractivity contribution in [3.63, 3.8) is 0 Å². The molecule has 1 aromatic rings. The van der Waals surface area contributed by atoms with E-state index in [1.807, 2.05) is 30.3 Å². The minimum Gasteiger partial charge on any atom is -0.465 e. The second-order valence-corrected chi connectivity index (χ2v) is 5.76. The summed E-state index contributed by atoms with van der Waals surface area (Å²) in [6, 6.07) is 9.01. The fourth-order valence-electron chi connectivity index (χ4n) is 2.89. The maximum absolute atomic E-state index is 12.2. The Balaban J connectivity index is 2.04. The van der Waals surface area contributed by atoms with E-state index in [1.165, 1.54) is 6.42 Å². The highest BCUT2D eigenvalue weighted by atomic mass is 16.5. The van der Waals surface area contributed by atoms with Crippen molar-refractivity contribution in [2.45, 2.75) is 50.7 Å². The van der Waals surface area contributed by atoms with Crippen molar-refractivity contribution in [1.82, 2.24) is 5.32 Å². The lowest BCUT2D eigenvalue weighted by atomic mass is 9.84. The Morgan fingerprint density at radius 1 is 1.29 bits per heavy atom. The molecule has 116 valence electrons. The smallest absolute Gasteiger partial charge is 0.327 e. The average Bonchev–Trinajstić information content (AvgIpc) is 2.49. The van der Waals surface area contributed by atoms with Crippen molar-refractivity contribution < 1.29 is 14.6 Å². The second-order valence-electron chi connectivity index (χ2n) is 5.76. The van der Waals surface area contributed by atoms with E-state index >= 15 is 0 Å². The Morgan fingerprint density at radius 2 is 1.95 bits per heavy atom. The summed E-state index contributed by atoms with van der Waals surface area (Å²) in [5.74, 6) is -0.289. The summed E-state index contributed by atoms with van der Waals surface area (Å²) in [5.41, 5.74) is 0.174. The molecule has 0 unspecified atom stereocenters. The summed E-state index contributed by atoms with van der Waals surface area (Å²) >= 11 is 0. The van der Waals surface area contributed by atoms with Crippen LogP contribution in [0.1, 0.15) is 50.6 Å². The number of carbonyl (C=O) groups excluding carboxylic acids is 1. The Kier molecular flexibility index (Phi) is 5.76. The monoisotopic (exact) mass is 291 g/mol. The van der Waals surface area contributed by atoms with Gasteiger partial charge in [-0.1, -0.05) is 49.6 Å². The van der Waals surface area contributed by atoms with Gasteiger partial charge < -0.3 is 9.84 Å². The van der Waals surface area contributed by atoms with Crippen LogP contribution in [0.2, 0.25) is 0 Å². The molecule has 0 radical (unpaired) electrons. The molecular weight excluding hydrogens is 266 g/mol. The molecule has 1 fully saturated rings. The van der Waals surface area contributed by atoms with Crippen LogP contribution in [0.4, 0.5) is 0 Å². The molecule has 0 aromatic heterocycles. The maximum atomic E-state index is 12.2. The molecule has 1 saturated carbocycles. The molecule has 1 aliphatic rings. The Morgan fingerprint density at radius 3 is 2.57 bits per heavy atom. The van der Waals surface area contributed by atoms with Crippen LogP contribution in [0.5, 0.6) is 0 Å². The van der Waals surface area contributed by atoms with Gasteiger partial charge >= 0.3 is 5.97 Å². The molecule has 1 aliphatic carbocycles. The highest BCUT2D eigenvalue weighted by Gasteiger charge is 2.31. The maximum Gasteiger partial charge on any atom is 0.327 e. The van der Waals surface area contributed by atoms with E-state index in [2.05, 4.69) is 5.32 Å². The summed E-state index contributed by atoms with van der Waals surface area (Å²) in [4.78, 5) is 12.2. The minimum atomic E-state index is -0.697. The molecule has 0 spiro atoms. The third-order valence-corrected chi connectivity index (χ3v) is 4.07. The van der Waals surface area contributed by atoms with Gasteiger partial charge in [0.2, 0.25) is 0 Å². The van der Waals surface area contributed by atoms with Gasteiger partial charge in [-0.05, 0) is 25.3 Å². The second kappa shape index (κ2) is 7.57. The first-order chi connectivity index (χ1) is 10.1. The fourth-order valence-corrected chi connectivity index (χ4v) is 2.89. The van der Waals surface area contributed by atoms with E-state index < -0.39 is 11.6 Å². The lowest BCUT2D eigenvalue weighted by Crippen LogP contribution is -2.45. The molecule has 2 N–H and O–H groups in total. The molecule has 4 heteroatoms. The summed E-state index contributed by atoms with van der Waals surface area (Å²) < 4.78 is 5.15. The summed E-state index contributed by atoms with van der Waals surface area (Å²) in [7, 11) is 0. The van der Waals surface area contributed by atoms with Crippen molar-refractivity contribution >= 4 is 5.97 Å². The zero-order chi connectivity index (χ0) is 15.1. The summed E-state index contributed by atoms with van der Waals surface area (Å²) in [6.45, 7) is 2.58. The average molecular weight is 291 g/mol. The van der Waals surface area contributed by atoms with E-state index in [4.69, 9.17) is 4.74 Å². The molecule has 0 aliphatic heterocycles. The van der Waals surface area contributed by atoms with Crippen LogP contribution in [0.3, 0.4) is 0 Å². The lowest BCUT2D eigenvalue weighted by molar-refractivity contribution is -0.146. The lowest BCUT2D eigenvalue weighted by Gasteiger charge is -2.33. The van der Waals surface area contributed by atoms with Gasteiger partial charge in [-0.15, -0.1) is 0 Å². The fraction of sp³-hybridized carbons (Fsp3) is 0.588. The largest absolute Gasteiger partial charge is 0.465 e. The van der Waals surface area contributed by atoms with Crippen LogP contribution in [0.25, 0.3) is 0 Å². The molecule has 0 heterocycles. The van der Waals surface area contributed by atoms with Crippen molar-refractivity contribution in [3.05, 3.63) is 35.9 Å². The first-order valence-corrected chi connectivity index (χ1v) is 7.82. The molecule has 0 saturated heterocycles. The van der Waals surface area contributed by atoms with Crippen molar-refractivity contribution in [2.75, 3.05) is 13.2 Å². The number of carbonyl (C=O) groups is 1. The van der Waals surface area contributed by atoms with Crippen LogP contribution < -0.4 is 5.32 Å². The van der Waals surface area contributed by atoms with E-state index in [9.17, 15) is 9.90 Å². The van der Waals surface area contributed by atoms with E-state index in [1.54, 1.807) is 6.92 Å². The Hall–Kier alpha value is -1.39. The number of rotatable bonds is 6. The van der Waals surface area contributed by atoms with Gasteiger partial charge in [0, 0.05) is 6.54 Å². The van der Waals surface area contributed by atoms with E-state index in [0.717, 1.165) is 31.2 Å². The van der Waals surface area contributed by atoms with Crippen LogP contribution >= 0.6 is 0 Å². The number of hydrogen-bond donors (Lipinski definition) is 2. The zero-order valence-electron chi connectivity index (χ0n) is 12.7. The number of ether oxygens (including phenoxy) is 1. The number of aliphatic hydroxyl groups is 1. The van der Waals surface area contributed by atoms with Gasteiger partial charge in [-0.3, -0.25) is 5.32 Å². The van der Waals surface area contributed by atoms with Crippen molar-refractivity contribution in [3.8, 4) is 0 Å². The topological polar surface area (TPSA) is 58.6 Å². The van der Waals surface area contributed by atoms with Gasteiger partial charge in [-0.25, -0.2) is 4.79 Å². The number of hydrogen-bond acceptors (Lipinski definition) is 4. The minimum absolute atomic E-state index is 0.289. The van der Waals surface area contributed by atoms with Crippen LogP contribution in [0.15, 0.2) is 30.3 Å². The predicted octanol–water partition coefficient (Wildman–Crippen LogP) is 2.58. The SMILES string of the molecule is CCOC(=O)[C@H](NCC1(O)CCCCC1)c1ccccc1. The number of esters is 1. The highest BCUT2D eigenvalue weighted by Crippen LogP contribution is 2.28. The molecule has 0 bridgehead atoms. The quantitative estimate of drug-likeness (QED) is 0.791. The summed E-state index contributed by atoms with van der Waals surface area (Å²) in [5, 5.41) is 13.8. The molecular formula is C17H25NO3. The van der Waals surface area contributed by atoms with Gasteiger partial charge in [0.15, 0.2) is 0 Å². The number of benzene rings is 1. The van der Waals surface area contributed by atoms with Gasteiger partial charge in [0.05, 0.1) is 12.2 Å².